The van der Waals surface area contributed by atoms with Crippen molar-refractivity contribution in [1.29, 1.82) is 0 Å². The zero-order valence-electron chi connectivity index (χ0n) is 12.9. The van der Waals surface area contributed by atoms with Crippen molar-refractivity contribution < 1.29 is 9.90 Å². The van der Waals surface area contributed by atoms with Gasteiger partial charge in [0.25, 0.3) is 5.91 Å². The number of carbonyl (C=O) groups is 1. The number of hydrogen-bond donors (Lipinski definition) is 2. The van der Waals surface area contributed by atoms with E-state index in [4.69, 9.17) is 5.73 Å². The summed E-state index contributed by atoms with van der Waals surface area (Å²) in [6.45, 7) is 1.78. The molecule has 1 aromatic carbocycles. The minimum Gasteiger partial charge on any atom is -0.396 e. The molecule has 1 atom stereocenters. The number of piperidine rings is 1. The lowest BCUT2D eigenvalue weighted by molar-refractivity contribution is 0.0995. The molecule has 0 saturated carbocycles. The summed E-state index contributed by atoms with van der Waals surface area (Å²) in [4.78, 5) is 17.7. The third kappa shape index (κ3) is 3.54. The molecule has 23 heavy (non-hydrogen) atoms. The third-order valence-corrected chi connectivity index (χ3v) is 5.34. The Morgan fingerprint density at radius 1 is 1.39 bits per heavy atom. The first-order valence-electron chi connectivity index (χ1n) is 7.77. The first-order valence-corrected chi connectivity index (χ1v) is 8.65. The lowest BCUT2D eigenvalue weighted by Gasteiger charge is -2.42. The Bertz CT molecular complexity index is 673. The van der Waals surface area contributed by atoms with Gasteiger partial charge in [0.1, 0.15) is 5.69 Å². The van der Waals surface area contributed by atoms with Crippen LogP contribution in [-0.2, 0) is 6.42 Å². The Balaban J connectivity index is 1.78. The van der Waals surface area contributed by atoms with Crippen LogP contribution in [0.1, 0.15) is 28.9 Å². The summed E-state index contributed by atoms with van der Waals surface area (Å²) in [5.41, 5.74) is 6.67. The zero-order chi connectivity index (χ0) is 16.3. The minimum absolute atomic E-state index is 0.145. The van der Waals surface area contributed by atoms with E-state index in [0.717, 1.165) is 37.5 Å². The van der Waals surface area contributed by atoms with Crippen molar-refractivity contribution in [3.63, 3.8) is 0 Å². The molecule has 1 unspecified atom stereocenters. The normalized spacial score (nSPS) is 21.3. The van der Waals surface area contributed by atoms with Crippen LogP contribution >= 0.6 is 11.3 Å². The van der Waals surface area contributed by atoms with Gasteiger partial charge >= 0.3 is 0 Å². The molecule has 1 aromatic heterocycles. The molecule has 6 heteroatoms. The highest BCUT2D eigenvalue weighted by Crippen LogP contribution is 2.36. The maximum absolute atomic E-state index is 11.2. The van der Waals surface area contributed by atoms with Crippen molar-refractivity contribution in [3.05, 3.63) is 47.0 Å². The number of carbonyl (C=O) groups excluding carboxylic acids is 1. The number of thiazole rings is 1. The van der Waals surface area contributed by atoms with E-state index in [0.29, 0.717) is 5.69 Å². The maximum atomic E-state index is 11.2. The molecule has 0 radical (unpaired) electrons. The van der Waals surface area contributed by atoms with E-state index < -0.39 is 5.91 Å². The zero-order valence-corrected chi connectivity index (χ0v) is 13.8. The van der Waals surface area contributed by atoms with Crippen molar-refractivity contribution in [2.75, 3.05) is 24.6 Å². The minimum atomic E-state index is -0.498. The summed E-state index contributed by atoms with van der Waals surface area (Å²) < 4.78 is 0. The molecule has 1 fully saturated rings. The summed E-state index contributed by atoms with van der Waals surface area (Å²) in [6.07, 6.45) is 2.83. The summed E-state index contributed by atoms with van der Waals surface area (Å²) in [5.74, 6) is -0.498. The van der Waals surface area contributed by atoms with Crippen LogP contribution in [-0.4, -0.2) is 35.7 Å². The number of anilines is 1. The van der Waals surface area contributed by atoms with Crippen molar-refractivity contribution >= 4 is 22.4 Å². The molecule has 2 aromatic rings. The van der Waals surface area contributed by atoms with Crippen LogP contribution in [0.2, 0.25) is 0 Å². The van der Waals surface area contributed by atoms with E-state index in [1.165, 1.54) is 16.9 Å². The van der Waals surface area contributed by atoms with Crippen molar-refractivity contribution in [3.8, 4) is 0 Å². The van der Waals surface area contributed by atoms with Gasteiger partial charge in [-0.1, -0.05) is 30.3 Å². The topological polar surface area (TPSA) is 79.5 Å². The number of aliphatic hydroxyl groups is 1. The second-order valence-corrected chi connectivity index (χ2v) is 7.06. The molecule has 3 rings (SSSR count). The van der Waals surface area contributed by atoms with Gasteiger partial charge in [0.2, 0.25) is 0 Å². The van der Waals surface area contributed by atoms with Crippen LogP contribution in [0.5, 0.6) is 0 Å². The van der Waals surface area contributed by atoms with E-state index in [1.54, 1.807) is 5.38 Å². The maximum Gasteiger partial charge on any atom is 0.268 e. The molecule has 122 valence electrons. The van der Waals surface area contributed by atoms with Crippen molar-refractivity contribution in [1.82, 2.24) is 4.98 Å². The molecule has 0 bridgehead atoms. The number of nitrogens with zero attached hydrogens (tertiary/aromatic N) is 2. The van der Waals surface area contributed by atoms with Crippen LogP contribution in [0.4, 0.5) is 5.13 Å². The molecule has 1 aliphatic heterocycles. The first kappa shape index (κ1) is 16.0. The average Bonchev–Trinajstić information content (AvgIpc) is 3.06. The molecule has 0 aliphatic carbocycles. The number of hydrogen-bond acceptors (Lipinski definition) is 5. The number of amides is 1. The summed E-state index contributed by atoms with van der Waals surface area (Å²) in [6, 6.07) is 10.3. The number of rotatable bonds is 5. The lowest BCUT2D eigenvalue weighted by atomic mass is 9.76. The number of aliphatic hydroxyl groups excluding tert-OH is 1. The molecule has 1 saturated heterocycles. The predicted molar refractivity (Wildman–Crippen MR) is 91.7 cm³/mol. The average molecular weight is 331 g/mol. The molecule has 0 spiro atoms. The van der Waals surface area contributed by atoms with Gasteiger partial charge in [0.15, 0.2) is 5.13 Å². The Morgan fingerprint density at radius 2 is 2.17 bits per heavy atom. The summed E-state index contributed by atoms with van der Waals surface area (Å²) >= 11 is 1.43. The number of benzene rings is 1. The highest BCUT2D eigenvalue weighted by molar-refractivity contribution is 7.13. The van der Waals surface area contributed by atoms with Gasteiger partial charge in [0.05, 0.1) is 6.61 Å². The Morgan fingerprint density at radius 3 is 2.83 bits per heavy atom. The Hall–Kier alpha value is -1.92. The number of nitrogens with two attached hydrogens (primary N) is 1. The first-order chi connectivity index (χ1) is 11.1. The van der Waals surface area contributed by atoms with Crippen molar-refractivity contribution in [2.24, 2.45) is 11.1 Å². The second-order valence-electron chi connectivity index (χ2n) is 6.23. The van der Waals surface area contributed by atoms with E-state index in [-0.39, 0.29) is 12.0 Å². The lowest BCUT2D eigenvalue weighted by Crippen LogP contribution is -2.46. The fraction of sp³-hybridized carbons (Fsp3) is 0.412. The summed E-state index contributed by atoms with van der Waals surface area (Å²) in [5, 5.41) is 12.6. The number of primary amides is 1. The largest absolute Gasteiger partial charge is 0.396 e. The molecular formula is C17H21N3O2S. The fourth-order valence-electron chi connectivity index (χ4n) is 3.25. The summed E-state index contributed by atoms with van der Waals surface area (Å²) in [7, 11) is 0. The third-order valence-electron chi connectivity index (χ3n) is 4.43. The SMILES string of the molecule is NC(=O)c1csc(N2CCCC(CO)(Cc3ccccc3)C2)n1. The molecule has 2 heterocycles. The standard InChI is InChI=1S/C17H21N3O2S/c18-15(22)14-10-23-16(19-14)20-8-4-7-17(11-20,12-21)9-13-5-2-1-3-6-13/h1-3,5-6,10,21H,4,7-9,11-12H2,(H2,18,22). The van der Waals surface area contributed by atoms with E-state index in [9.17, 15) is 9.90 Å². The van der Waals surface area contributed by atoms with Gasteiger partial charge in [-0.3, -0.25) is 4.79 Å². The van der Waals surface area contributed by atoms with Crippen LogP contribution in [0, 0.1) is 5.41 Å². The number of aromatic nitrogens is 1. The molecule has 1 aliphatic rings. The van der Waals surface area contributed by atoms with Crippen LogP contribution in [0.3, 0.4) is 0 Å². The molecular weight excluding hydrogens is 310 g/mol. The molecule has 5 nitrogen and oxygen atoms in total. The smallest absolute Gasteiger partial charge is 0.268 e. The van der Waals surface area contributed by atoms with Gasteiger partial charge in [-0.05, 0) is 24.8 Å². The van der Waals surface area contributed by atoms with Crippen LogP contribution in [0.25, 0.3) is 0 Å². The predicted octanol–water partition coefficient (Wildman–Crippen LogP) is 2.06. The van der Waals surface area contributed by atoms with Crippen LogP contribution in [0.15, 0.2) is 35.7 Å². The van der Waals surface area contributed by atoms with Gasteiger partial charge in [0, 0.05) is 23.9 Å². The van der Waals surface area contributed by atoms with Gasteiger partial charge in [-0.25, -0.2) is 4.98 Å². The monoisotopic (exact) mass is 331 g/mol. The van der Waals surface area contributed by atoms with Crippen molar-refractivity contribution in [2.45, 2.75) is 19.3 Å². The van der Waals surface area contributed by atoms with Gasteiger partial charge in [-0.15, -0.1) is 11.3 Å². The highest BCUT2D eigenvalue weighted by Gasteiger charge is 2.36. The molecule has 1 amide bonds. The van der Waals surface area contributed by atoms with E-state index >= 15 is 0 Å². The van der Waals surface area contributed by atoms with Gasteiger partial charge < -0.3 is 15.7 Å². The van der Waals surface area contributed by atoms with Gasteiger partial charge in [-0.2, -0.15) is 0 Å². The van der Waals surface area contributed by atoms with E-state index in [1.807, 2.05) is 18.2 Å². The van der Waals surface area contributed by atoms with Crippen LogP contribution < -0.4 is 10.6 Å². The Labute approximate surface area is 139 Å². The quantitative estimate of drug-likeness (QED) is 0.879. The molecule has 3 N–H and O–H groups in total. The highest BCUT2D eigenvalue weighted by atomic mass is 32.1. The second kappa shape index (κ2) is 6.68. The van der Waals surface area contributed by atoms with E-state index in [2.05, 4.69) is 22.0 Å². The Kier molecular flexibility index (Phi) is 4.63. The fourth-order valence-corrected chi connectivity index (χ4v) is 4.09.